The van der Waals surface area contributed by atoms with Crippen LogP contribution in [-0.2, 0) is 4.79 Å². The number of thioether (sulfide) groups is 1. The van der Waals surface area contributed by atoms with Crippen LogP contribution in [0, 0.1) is 0 Å². The fourth-order valence-electron chi connectivity index (χ4n) is 3.26. The van der Waals surface area contributed by atoms with Gasteiger partial charge in [-0.25, -0.2) is 4.98 Å². The van der Waals surface area contributed by atoms with Crippen LogP contribution < -0.4 is 15.0 Å². The zero-order valence-corrected chi connectivity index (χ0v) is 15.4. The Balaban J connectivity index is 1.37. The lowest BCUT2D eigenvalue weighted by molar-refractivity contribution is -0.115. The number of carbonyl (C=O) groups is 2. The van der Waals surface area contributed by atoms with E-state index in [0.29, 0.717) is 17.6 Å². The van der Waals surface area contributed by atoms with Crippen molar-refractivity contribution in [2.24, 2.45) is 0 Å². The summed E-state index contributed by atoms with van der Waals surface area (Å²) in [4.78, 5) is 30.0. The van der Waals surface area contributed by atoms with E-state index in [1.807, 2.05) is 48.7 Å². The van der Waals surface area contributed by atoms with Gasteiger partial charge in [-0.3, -0.25) is 14.9 Å². The third-order valence-electron chi connectivity index (χ3n) is 4.58. The number of nitrogens with one attached hydrogen (secondary N) is 1. The van der Waals surface area contributed by atoms with Gasteiger partial charge >= 0.3 is 0 Å². The number of imide groups is 1. The number of carbonyl (C=O) groups excluding carboxylic acids is 2. The van der Waals surface area contributed by atoms with Crippen molar-refractivity contribution in [3.63, 3.8) is 0 Å². The van der Waals surface area contributed by atoms with Crippen LogP contribution in [0.1, 0.15) is 18.4 Å². The van der Waals surface area contributed by atoms with Crippen LogP contribution in [0.3, 0.4) is 0 Å². The van der Waals surface area contributed by atoms with E-state index >= 15 is 0 Å². The van der Waals surface area contributed by atoms with Gasteiger partial charge in [-0.1, -0.05) is 18.2 Å². The number of rotatable bonds is 5. The summed E-state index contributed by atoms with van der Waals surface area (Å²) in [6.45, 7) is 1.60. The predicted molar refractivity (Wildman–Crippen MR) is 106 cm³/mol. The number of ether oxygens (including phenoxy) is 1. The van der Waals surface area contributed by atoms with Crippen LogP contribution in [0.4, 0.5) is 10.6 Å². The molecule has 2 aromatic rings. The van der Waals surface area contributed by atoms with Crippen molar-refractivity contribution >= 4 is 34.8 Å². The maximum Gasteiger partial charge on any atom is 0.290 e. The molecule has 1 aromatic heterocycles. The molecule has 0 unspecified atom stereocenters. The number of nitrogens with zero attached hydrogens (tertiary/aromatic N) is 2. The van der Waals surface area contributed by atoms with Crippen LogP contribution >= 0.6 is 11.8 Å². The average molecular weight is 381 g/mol. The van der Waals surface area contributed by atoms with Gasteiger partial charge in [0, 0.05) is 12.7 Å². The molecule has 27 heavy (non-hydrogen) atoms. The van der Waals surface area contributed by atoms with Crippen LogP contribution in [-0.4, -0.2) is 35.3 Å². The Labute approximate surface area is 161 Å². The van der Waals surface area contributed by atoms with Gasteiger partial charge in [-0.05, 0) is 60.5 Å². The Morgan fingerprint density at radius 3 is 2.78 bits per heavy atom. The van der Waals surface area contributed by atoms with Gasteiger partial charge in [0.2, 0.25) is 0 Å². The molecule has 3 heterocycles. The lowest BCUT2D eigenvalue weighted by atomic mass is 10.2. The number of hydrogen-bond acceptors (Lipinski definition) is 6. The first-order valence-corrected chi connectivity index (χ1v) is 9.66. The lowest BCUT2D eigenvalue weighted by Crippen LogP contribution is -2.34. The summed E-state index contributed by atoms with van der Waals surface area (Å²) in [6, 6.07) is 13.8. The van der Waals surface area contributed by atoms with E-state index in [4.69, 9.17) is 4.74 Å². The summed E-state index contributed by atoms with van der Waals surface area (Å²) in [5.41, 5.74) is 0.852. The van der Waals surface area contributed by atoms with Crippen molar-refractivity contribution in [3.8, 4) is 5.75 Å². The van der Waals surface area contributed by atoms with E-state index in [9.17, 15) is 9.59 Å². The topological polar surface area (TPSA) is 71.5 Å². The molecule has 1 aromatic carbocycles. The Morgan fingerprint density at radius 1 is 1.22 bits per heavy atom. The van der Waals surface area contributed by atoms with Crippen molar-refractivity contribution in [2.75, 3.05) is 18.1 Å². The maximum atomic E-state index is 11.6. The second-order valence-electron chi connectivity index (χ2n) is 6.41. The van der Waals surface area contributed by atoms with Crippen LogP contribution in [0.5, 0.6) is 5.75 Å². The summed E-state index contributed by atoms with van der Waals surface area (Å²) in [6.07, 6.45) is 5.74. The van der Waals surface area contributed by atoms with Crippen molar-refractivity contribution in [1.29, 1.82) is 0 Å². The molecule has 2 amide bonds. The number of pyridine rings is 1. The molecular weight excluding hydrogens is 362 g/mol. The fourth-order valence-corrected chi connectivity index (χ4v) is 3.94. The van der Waals surface area contributed by atoms with E-state index in [0.717, 1.165) is 48.3 Å². The van der Waals surface area contributed by atoms with Crippen molar-refractivity contribution < 1.29 is 14.3 Å². The SMILES string of the molecule is O=C1NC(=O)C(=Cc2ccc(OC[C@@H]3CCCN3c3ccccn3)cc2)S1. The molecule has 0 radical (unpaired) electrons. The average Bonchev–Trinajstić information content (AvgIpc) is 3.28. The molecule has 0 aliphatic carbocycles. The Kier molecular flexibility index (Phi) is 5.11. The molecule has 0 saturated carbocycles. The standard InChI is InChI=1S/C20H19N3O3S/c24-19-17(27-20(25)22-19)12-14-6-8-16(9-7-14)26-13-15-4-3-11-23(15)18-5-1-2-10-21-18/h1-2,5-10,12,15H,3-4,11,13H2,(H,22,24,25)/t15-/m0/s1. The monoisotopic (exact) mass is 381 g/mol. The van der Waals surface area contributed by atoms with Crippen LogP contribution in [0.15, 0.2) is 53.6 Å². The summed E-state index contributed by atoms with van der Waals surface area (Å²) >= 11 is 0.917. The smallest absolute Gasteiger partial charge is 0.290 e. The third-order valence-corrected chi connectivity index (χ3v) is 5.39. The summed E-state index contributed by atoms with van der Waals surface area (Å²) < 4.78 is 5.98. The van der Waals surface area contributed by atoms with Crippen LogP contribution in [0.2, 0.25) is 0 Å². The first-order valence-electron chi connectivity index (χ1n) is 8.84. The summed E-state index contributed by atoms with van der Waals surface area (Å²) in [7, 11) is 0. The van der Waals surface area contributed by atoms with E-state index in [-0.39, 0.29) is 11.1 Å². The second-order valence-corrected chi connectivity index (χ2v) is 7.42. The van der Waals surface area contributed by atoms with Crippen molar-refractivity contribution in [2.45, 2.75) is 18.9 Å². The molecule has 2 fully saturated rings. The van der Waals surface area contributed by atoms with Crippen molar-refractivity contribution in [1.82, 2.24) is 10.3 Å². The number of benzene rings is 1. The van der Waals surface area contributed by atoms with Gasteiger partial charge < -0.3 is 9.64 Å². The molecule has 2 aliphatic rings. The van der Waals surface area contributed by atoms with E-state index in [1.165, 1.54) is 0 Å². The zero-order chi connectivity index (χ0) is 18.6. The van der Waals surface area contributed by atoms with Gasteiger partial charge in [0.05, 0.1) is 10.9 Å². The Bertz CT molecular complexity index is 868. The highest BCUT2D eigenvalue weighted by molar-refractivity contribution is 8.18. The zero-order valence-electron chi connectivity index (χ0n) is 14.6. The predicted octanol–water partition coefficient (Wildman–Crippen LogP) is 3.45. The highest BCUT2D eigenvalue weighted by Crippen LogP contribution is 2.27. The molecule has 4 rings (SSSR count). The second kappa shape index (κ2) is 7.84. The van der Waals surface area contributed by atoms with Gasteiger partial charge in [0.25, 0.3) is 11.1 Å². The molecule has 1 N–H and O–H groups in total. The van der Waals surface area contributed by atoms with Gasteiger partial charge in [0.15, 0.2) is 0 Å². The Morgan fingerprint density at radius 2 is 2.07 bits per heavy atom. The molecule has 6 nitrogen and oxygen atoms in total. The molecule has 0 spiro atoms. The molecule has 2 saturated heterocycles. The van der Waals surface area contributed by atoms with Gasteiger partial charge in [0.1, 0.15) is 18.2 Å². The minimum absolute atomic E-state index is 0.311. The minimum atomic E-state index is -0.346. The van der Waals surface area contributed by atoms with E-state index in [2.05, 4.69) is 15.2 Å². The number of amides is 2. The van der Waals surface area contributed by atoms with Gasteiger partial charge in [-0.2, -0.15) is 0 Å². The number of aromatic nitrogens is 1. The fraction of sp³-hybridized carbons (Fsp3) is 0.250. The van der Waals surface area contributed by atoms with E-state index in [1.54, 1.807) is 6.08 Å². The largest absolute Gasteiger partial charge is 0.491 e. The molecule has 2 aliphatic heterocycles. The molecular formula is C20H19N3O3S. The Hall–Kier alpha value is -2.80. The van der Waals surface area contributed by atoms with Crippen LogP contribution in [0.25, 0.3) is 6.08 Å². The molecule has 138 valence electrons. The van der Waals surface area contributed by atoms with Crippen molar-refractivity contribution in [3.05, 3.63) is 59.1 Å². The maximum absolute atomic E-state index is 11.6. The van der Waals surface area contributed by atoms with Gasteiger partial charge in [-0.15, -0.1) is 0 Å². The minimum Gasteiger partial charge on any atom is -0.491 e. The first kappa shape index (κ1) is 17.6. The summed E-state index contributed by atoms with van der Waals surface area (Å²) in [5, 5.41) is 1.92. The van der Waals surface area contributed by atoms with E-state index < -0.39 is 0 Å². The number of hydrogen-bond donors (Lipinski definition) is 1. The quantitative estimate of drug-likeness (QED) is 0.800. The lowest BCUT2D eigenvalue weighted by Gasteiger charge is -2.25. The summed E-state index contributed by atoms with van der Waals surface area (Å²) in [5.74, 6) is 1.43. The third kappa shape index (κ3) is 4.14. The normalized spacial score (nSPS) is 21.0. The molecule has 1 atom stereocenters. The highest BCUT2D eigenvalue weighted by Gasteiger charge is 2.26. The first-order chi connectivity index (χ1) is 13.2. The molecule has 0 bridgehead atoms. The molecule has 7 heteroatoms. The number of anilines is 1. The highest BCUT2D eigenvalue weighted by atomic mass is 32.2.